The highest BCUT2D eigenvalue weighted by Crippen LogP contribution is 2.47. The first kappa shape index (κ1) is 28.8. The summed E-state index contributed by atoms with van der Waals surface area (Å²) in [5.74, 6) is 1.40. The Hall–Kier alpha value is -3.68. The van der Waals surface area contributed by atoms with Crippen LogP contribution in [-0.2, 0) is 26.3 Å². The van der Waals surface area contributed by atoms with E-state index >= 15 is 0 Å². The molecule has 0 saturated carbocycles. The Labute approximate surface area is 236 Å². The second kappa shape index (κ2) is 10.6. The van der Waals surface area contributed by atoms with E-state index in [1.165, 1.54) is 4.90 Å². The number of anilines is 4. The average Bonchev–Trinajstić information content (AvgIpc) is 3.49. The van der Waals surface area contributed by atoms with Crippen LogP contribution in [0.2, 0.25) is 0 Å². The van der Waals surface area contributed by atoms with E-state index in [0.717, 1.165) is 10.7 Å². The molecule has 1 amide bonds. The van der Waals surface area contributed by atoms with E-state index in [-0.39, 0.29) is 43.5 Å². The van der Waals surface area contributed by atoms with Crippen molar-refractivity contribution in [3.8, 4) is 0 Å². The number of pyridine rings is 1. The SMILES string of the molecule is CNc1nc(COC(=N)N2CCC[C@@H]2C(F)(F)F)nc2c1C(C)(C)C(=O)N2c1ccc(N2C[C@@H](C)O[C@@H](C)C2)nc1. The third-order valence-corrected chi connectivity index (χ3v) is 7.71. The van der Waals surface area contributed by atoms with Crippen molar-refractivity contribution < 1.29 is 27.4 Å². The maximum atomic E-state index is 13.7. The zero-order valence-electron chi connectivity index (χ0n) is 23.7. The van der Waals surface area contributed by atoms with E-state index in [1.807, 2.05) is 26.0 Å². The smallest absolute Gasteiger partial charge is 0.408 e. The van der Waals surface area contributed by atoms with Crippen LogP contribution in [-0.4, -0.2) is 82.9 Å². The number of amides is 1. The lowest BCUT2D eigenvalue weighted by Crippen LogP contribution is -2.45. The van der Waals surface area contributed by atoms with Crippen LogP contribution in [0.3, 0.4) is 0 Å². The molecule has 0 unspecified atom stereocenters. The minimum Gasteiger partial charge on any atom is -0.457 e. The van der Waals surface area contributed by atoms with Crippen LogP contribution in [0.15, 0.2) is 18.3 Å². The quantitative estimate of drug-likeness (QED) is 0.403. The number of hydrogen-bond acceptors (Lipinski definition) is 9. The highest BCUT2D eigenvalue weighted by molar-refractivity contribution is 6.12. The molecule has 5 heterocycles. The summed E-state index contributed by atoms with van der Waals surface area (Å²) >= 11 is 0. The van der Waals surface area contributed by atoms with Crippen molar-refractivity contribution in [2.45, 2.75) is 77.0 Å². The molecule has 0 bridgehead atoms. The molecule has 14 heteroatoms. The van der Waals surface area contributed by atoms with E-state index in [0.29, 0.717) is 42.4 Å². The molecular formula is C27H35F3N8O3. The number of aromatic nitrogens is 3. The van der Waals surface area contributed by atoms with Gasteiger partial charge in [-0.15, -0.1) is 0 Å². The summed E-state index contributed by atoms with van der Waals surface area (Å²) in [6, 6.07) is 1.34. The van der Waals surface area contributed by atoms with Crippen LogP contribution in [0.5, 0.6) is 0 Å². The third kappa shape index (κ3) is 5.36. The zero-order valence-corrected chi connectivity index (χ0v) is 23.7. The van der Waals surface area contributed by atoms with Gasteiger partial charge >= 0.3 is 6.18 Å². The molecule has 3 atom stereocenters. The summed E-state index contributed by atoms with van der Waals surface area (Å²) in [7, 11) is 1.66. The number of rotatable bonds is 5. The molecule has 0 aliphatic carbocycles. The van der Waals surface area contributed by atoms with Gasteiger partial charge in [0.15, 0.2) is 12.4 Å². The molecule has 11 nitrogen and oxygen atoms in total. The van der Waals surface area contributed by atoms with E-state index in [2.05, 4.69) is 25.2 Å². The lowest BCUT2D eigenvalue weighted by molar-refractivity contribution is -0.169. The molecule has 0 aromatic carbocycles. The zero-order chi connectivity index (χ0) is 29.7. The van der Waals surface area contributed by atoms with Gasteiger partial charge in [0.25, 0.3) is 6.02 Å². The Balaban J connectivity index is 1.41. The standard InChI is InChI=1S/C27H35F3N8O3/c1-15-12-36(13-16(2)41-15)20-9-8-17(11-33-20)38-23-21(26(3,4)24(38)39)22(32-5)34-19(35-23)14-40-25(31)37-10-6-7-18(37)27(28,29)30/h8-9,11,15-16,18,31H,6-7,10,12-14H2,1-5H3,(H,32,34,35)/t15-,16+,18-/m1/s1. The summed E-state index contributed by atoms with van der Waals surface area (Å²) in [6.07, 6.45) is -2.47. The van der Waals surface area contributed by atoms with Crippen LogP contribution in [0, 0.1) is 5.41 Å². The number of nitrogens with zero attached hydrogens (tertiary/aromatic N) is 6. The van der Waals surface area contributed by atoms with Crippen molar-refractivity contribution in [1.82, 2.24) is 19.9 Å². The lowest BCUT2D eigenvalue weighted by Gasteiger charge is -2.36. The highest BCUT2D eigenvalue weighted by Gasteiger charge is 2.49. The van der Waals surface area contributed by atoms with Gasteiger partial charge in [-0.2, -0.15) is 13.2 Å². The average molecular weight is 577 g/mol. The van der Waals surface area contributed by atoms with Crippen molar-refractivity contribution in [1.29, 1.82) is 5.41 Å². The summed E-state index contributed by atoms with van der Waals surface area (Å²) in [4.78, 5) is 31.9. The molecule has 2 saturated heterocycles. The second-order valence-electron chi connectivity index (χ2n) is 11.2. The van der Waals surface area contributed by atoms with Gasteiger partial charge < -0.3 is 24.6 Å². The second-order valence-corrected chi connectivity index (χ2v) is 11.2. The highest BCUT2D eigenvalue weighted by atomic mass is 19.4. The number of halogens is 3. The number of amidine groups is 1. The fraction of sp³-hybridized carbons (Fsp3) is 0.593. The molecule has 2 N–H and O–H groups in total. The topological polar surface area (TPSA) is 120 Å². The molecule has 3 aliphatic heterocycles. The number of likely N-dealkylation sites (tertiary alicyclic amines) is 1. The molecule has 222 valence electrons. The monoisotopic (exact) mass is 576 g/mol. The maximum absolute atomic E-state index is 13.7. The fourth-order valence-corrected chi connectivity index (χ4v) is 5.83. The Kier molecular flexibility index (Phi) is 7.47. The van der Waals surface area contributed by atoms with Gasteiger partial charge in [0, 0.05) is 26.7 Å². The van der Waals surface area contributed by atoms with Crippen LogP contribution in [0.25, 0.3) is 0 Å². The molecule has 41 heavy (non-hydrogen) atoms. The number of hydrogen-bond donors (Lipinski definition) is 2. The number of carbonyl (C=O) groups excluding carboxylic acids is 1. The van der Waals surface area contributed by atoms with Gasteiger partial charge in [0.2, 0.25) is 5.91 Å². The van der Waals surface area contributed by atoms with Crippen LogP contribution in [0.1, 0.15) is 51.9 Å². The van der Waals surface area contributed by atoms with Crippen molar-refractivity contribution >= 4 is 35.1 Å². The summed E-state index contributed by atoms with van der Waals surface area (Å²) in [5.41, 5.74) is 0.133. The Bertz CT molecular complexity index is 1310. The predicted molar refractivity (Wildman–Crippen MR) is 147 cm³/mol. The maximum Gasteiger partial charge on any atom is 0.408 e. The summed E-state index contributed by atoms with van der Waals surface area (Å²) in [6.45, 7) is 8.74. The summed E-state index contributed by atoms with van der Waals surface area (Å²) in [5, 5.41) is 11.2. The molecule has 0 radical (unpaired) electrons. The van der Waals surface area contributed by atoms with Crippen LogP contribution in [0.4, 0.5) is 36.3 Å². The van der Waals surface area contributed by atoms with E-state index in [9.17, 15) is 18.0 Å². The van der Waals surface area contributed by atoms with Crippen molar-refractivity contribution in [2.24, 2.45) is 0 Å². The van der Waals surface area contributed by atoms with Gasteiger partial charge in [0.05, 0.1) is 35.1 Å². The van der Waals surface area contributed by atoms with Gasteiger partial charge in [-0.1, -0.05) is 0 Å². The van der Waals surface area contributed by atoms with Crippen molar-refractivity contribution in [3.05, 3.63) is 29.7 Å². The first-order valence-electron chi connectivity index (χ1n) is 13.7. The fourth-order valence-electron chi connectivity index (χ4n) is 5.83. The van der Waals surface area contributed by atoms with Gasteiger partial charge in [0.1, 0.15) is 23.5 Å². The molecule has 0 spiro atoms. The predicted octanol–water partition coefficient (Wildman–Crippen LogP) is 3.96. The van der Waals surface area contributed by atoms with Gasteiger partial charge in [-0.05, 0) is 52.7 Å². The molecule has 2 aromatic heterocycles. The number of ether oxygens (including phenoxy) is 2. The van der Waals surface area contributed by atoms with Crippen LogP contribution >= 0.6 is 0 Å². The van der Waals surface area contributed by atoms with Crippen molar-refractivity contribution in [2.75, 3.05) is 41.8 Å². The Morgan fingerprint density at radius 1 is 1.22 bits per heavy atom. The van der Waals surface area contributed by atoms with E-state index in [4.69, 9.17) is 14.9 Å². The normalized spacial score (nSPS) is 24.0. The van der Waals surface area contributed by atoms with Crippen LogP contribution < -0.4 is 15.1 Å². The lowest BCUT2D eigenvalue weighted by atomic mass is 9.87. The number of carbonyl (C=O) groups is 1. The molecule has 5 rings (SSSR count). The Morgan fingerprint density at radius 3 is 2.54 bits per heavy atom. The minimum absolute atomic E-state index is 0.0664. The molecule has 3 aliphatic rings. The Morgan fingerprint density at radius 2 is 1.93 bits per heavy atom. The molecule has 2 fully saturated rings. The van der Waals surface area contributed by atoms with Crippen molar-refractivity contribution in [3.63, 3.8) is 0 Å². The van der Waals surface area contributed by atoms with E-state index < -0.39 is 23.7 Å². The number of alkyl halides is 3. The number of morpholine rings is 1. The first-order chi connectivity index (χ1) is 19.3. The number of fused-ring (bicyclic) bond motifs is 1. The third-order valence-electron chi connectivity index (χ3n) is 7.71. The van der Waals surface area contributed by atoms with Gasteiger partial charge in [-0.25, -0.2) is 15.0 Å². The van der Waals surface area contributed by atoms with Gasteiger partial charge in [-0.3, -0.25) is 15.1 Å². The first-order valence-corrected chi connectivity index (χ1v) is 13.7. The molecule has 2 aromatic rings. The molecular weight excluding hydrogens is 541 g/mol. The largest absolute Gasteiger partial charge is 0.457 e. The minimum atomic E-state index is -4.45. The summed E-state index contributed by atoms with van der Waals surface area (Å²) < 4.78 is 51.4. The van der Waals surface area contributed by atoms with E-state index in [1.54, 1.807) is 27.1 Å². The number of nitrogens with one attached hydrogen (secondary N) is 2.